The molecule has 142 valence electrons. The number of hydrogen-bond donors (Lipinski definition) is 0. The zero-order valence-corrected chi connectivity index (χ0v) is 15.8. The van der Waals surface area contributed by atoms with E-state index in [1.807, 2.05) is 59.6 Å². The second kappa shape index (κ2) is 8.67. The van der Waals surface area contributed by atoms with Gasteiger partial charge in [0.1, 0.15) is 0 Å². The molecule has 2 heterocycles. The lowest BCUT2D eigenvalue weighted by atomic mass is 10.2. The molecule has 0 saturated carbocycles. The van der Waals surface area contributed by atoms with Gasteiger partial charge in [-0.3, -0.25) is 9.69 Å². The Morgan fingerprint density at radius 3 is 2.32 bits per heavy atom. The van der Waals surface area contributed by atoms with Gasteiger partial charge in [0.2, 0.25) is 0 Å². The first kappa shape index (κ1) is 18.2. The summed E-state index contributed by atoms with van der Waals surface area (Å²) >= 11 is 0. The molecule has 1 saturated heterocycles. The van der Waals surface area contributed by atoms with Gasteiger partial charge in [-0.1, -0.05) is 60.7 Å². The third kappa shape index (κ3) is 4.38. The summed E-state index contributed by atoms with van der Waals surface area (Å²) in [6.07, 6.45) is 7.81. The van der Waals surface area contributed by atoms with Gasteiger partial charge in [0.05, 0.1) is 17.4 Å². The van der Waals surface area contributed by atoms with E-state index < -0.39 is 0 Å². The van der Waals surface area contributed by atoms with Gasteiger partial charge in [-0.05, 0) is 17.7 Å². The molecule has 28 heavy (non-hydrogen) atoms. The number of nitrogens with zero attached hydrogens (tertiary/aromatic N) is 4. The topological polar surface area (TPSA) is 41.4 Å². The van der Waals surface area contributed by atoms with Crippen molar-refractivity contribution in [1.82, 2.24) is 19.6 Å². The third-order valence-electron chi connectivity index (χ3n) is 4.98. The molecule has 1 aliphatic heterocycles. The smallest absolute Gasteiger partial charge is 0.257 e. The largest absolute Gasteiger partial charge is 0.336 e. The Kier molecular flexibility index (Phi) is 5.64. The summed E-state index contributed by atoms with van der Waals surface area (Å²) in [5, 5.41) is 4.34. The Morgan fingerprint density at radius 2 is 1.61 bits per heavy atom. The fourth-order valence-electron chi connectivity index (χ4n) is 3.37. The Labute approximate surface area is 165 Å². The van der Waals surface area contributed by atoms with Gasteiger partial charge in [0, 0.05) is 38.9 Å². The minimum atomic E-state index is 0.0571. The highest BCUT2D eigenvalue weighted by Crippen LogP contribution is 2.12. The lowest BCUT2D eigenvalue weighted by Gasteiger charge is -2.34. The molecule has 1 aromatic heterocycles. The summed E-state index contributed by atoms with van der Waals surface area (Å²) < 4.78 is 1.75. The molecule has 0 N–H and O–H groups in total. The van der Waals surface area contributed by atoms with Crippen LogP contribution in [0, 0.1) is 0 Å². The number of piperazine rings is 1. The van der Waals surface area contributed by atoms with Crippen molar-refractivity contribution in [2.24, 2.45) is 0 Å². The van der Waals surface area contributed by atoms with Crippen LogP contribution in [0.25, 0.3) is 11.8 Å². The van der Waals surface area contributed by atoms with Crippen LogP contribution in [0.4, 0.5) is 0 Å². The van der Waals surface area contributed by atoms with E-state index in [1.165, 1.54) is 5.56 Å². The van der Waals surface area contributed by atoms with Crippen molar-refractivity contribution in [3.05, 3.63) is 90.3 Å². The van der Waals surface area contributed by atoms with E-state index in [0.29, 0.717) is 5.56 Å². The molecule has 0 atom stereocenters. The average Bonchev–Trinajstić information content (AvgIpc) is 3.25. The SMILES string of the molecule is O=C(c1cnn(-c2ccccc2)c1)N1CCN(C/C=C/c2ccccc2)CC1. The summed E-state index contributed by atoms with van der Waals surface area (Å²) in [7, 11) is 0. The quantitative estimate of drug-likeness (QED) is 0.690. The number of para-hydroxylation sites is 1. The van der Waals surface area contributed by atoms with Gasteiger partial charge in [-0.25, -0.2) is 4.68 Å². The molecule has 2 aromatic carbocycles. The number of amides is 1. The number of rotatable bonds is 5. The van der Waals surface area contributed by atoms with Crippen LogP contribution in [-0.4, -0.2) is 58.2 Å². The van der Waals surface area contributed by atoms with E-state index in [1.54, 1.807) is 10.9 Å². The predicted octanol–water partition coefficient (Wildman–Crippen LogP) is 3.34. The van der Waals surface area contributed by atoms with Gasteiger partial charge in [-0.2, -0.15) is 5.10 Å². The molecule has 4 rings (SSSR count). The number of aromatic nitrogens is 2. The lowest BCUT2D eigenvalue weighted by molar-refractivity contribution is 0.0650. The van der Waals surface area contributed by atoms with Crippen molar-refractivity contribution in [3.63, 3.8) is 0 Å². The maximum Gasteiger partial charge on any atom is 0.257 e. The van der Waals surface area contributed by atoms with Crippen LogP contribution in [-0.2, 0) is 0 Å². The summed E-state index contributed by atoms with van der Waals surface area (Å²) in [6.45, 7) is 4.17. The molecule has 0 spiro atoms. The Morgan fingerprint density at radius 1 is 0.929 bits per heavy atom. The first-order valence-electron chi connectivity index (χ1n) is 9.63. The van der Waals surface area contributed by atoms with Gasteiger partial charge in [-0.15, -0.1) is 0 Å². The van der Waals surface area contributed by atoms with E-state index >= 15 is 0 Å². The monoisotopic (exact) mass is 372 g/mol. The molecular formula is C23H24N4O. The Balaban J connectivity index is 1.29. The standard InChI is InChI=1S/C23H24N4O/c28-23(21-18-24-27(19-21)22-11-5-2-6-12-22)26-16-14-25(15-17-26)13-7-10-20-8-3-1-4-9-20/h1-12,18-19H,13-17H2/b10-7+. The second-order valence-corrected chi connectivity index (χ2v) is 6.91. The molecule has 1 aliphatic rings. The number of hydrogen-bond acceptors (Lipinski definition) is 3. The van der Waals surface area contributed by atoms with Crippen LogP contribution in [0.5, 0.6) is 0 Å². The molecule has 0 aliphatic carbocycles. The first-order chi connectivity index (χ1) is 13.8. The highest BCUT2D eigenvalue weighted by Gasteiger charge is 2.22. The summed E-state index contributed by atoms with van der Waals surface area (Å²) in [5.41, 5.74) is 2.81. The molecular weight excluding hydrogens is 348 g/mol. The van der Waals surface area contributed by atoms with Crippen molar-refractivity contribution in [1.29, 1.82) is 0 Å². The van der Waals surface area contributed by atoms with Crippen molar-refractivity contribution >= 4 is 12.0 Å². The molecule has 0 radical (unpaired) electrons. The molecule has 5 heteroatoms. The summed E-state index contributed by atoms with van der Waals surface area (Å²) in [4.78, 5) is 17.1. The lowest BCUT2D eigenvalue weighted by Crippen LogP contribution is -2.48. The minimum Gasteiger partial charge on any atom is -0.336 e. The first-order valence-corrected chi connectivity index (χ1v) is 9.63. The van der Waals surface area contributed by atoms with Crippen LogP contribution in [0.1, 0.15) is 15.9 Å². The van der Waals surface area contributed by atoms with Crippen molar-refractivity contribution < 1.29 is 4.79 Å². The zero-order chi connectivity index (χ0) is 19.2. The van der Waals surface area contributed by atoms with E-state index in [2.05, 4.69) is 34.3 Å². The normalized spacial score (nSPS) is 15.2. The maximum absolute atomic E-state index is 12.8. The van der Waals surface area contributed by atoms with Crippen LogP contribution >= 0.6 is 0 Å². The van der Waals surface area contributed by atoms with Gasteiger partial charge in [0.15, 0.2) is 0 Å². The van der Waals surface area contributed by atoms with E-state index in [9.17, 15) is 4.79 Å². The summed E-state index contributed by atoms with van der Waals surface area (Å²) in [6, 6.07) is 20.2. The Bertz CT molecular complexity index is 926. The third-order valence-corrected chi connectivity index (χ3v) is 4.98. The number of benzene rings is 2. The fourth-order valence-corrected chi connectivity index (χ4v) is 3.37. The summed E-state index contributed by atoms with van der Waals surface area (Å²) in [5.74, 6) is 0.0571. The van der Waals surface area contributed by atoms with Crippen molar-refractivity contribution in [2.75, 3.05) is 32.7 Å². The van der Waals surface area contributed by atoms with E-state index in [4.69, 9.17) is 0 Å². The predicted molar refractivity (Wildman–Crippen MR) is 111 cm³/mol. The zero-order valence-electron chi connectivity index (χ0n) is 15.8. The van der Waals surface area contributed by atoms with Crippen LogP contribution < -0.4 is 0 Å². The molecule has 1 fully saturated rings. The maximum atomic E-state index is 12.8. The van der Waals surface area contributed by atoms with Gasteiger partial charge >= 0.3 is 0 Å². The number of carbonyl (C=O) groups excluding carboxylic acids is 1. The van der Waals surface area contributed by atoms with Crippen molar-refractivity contribution in [2.45, 2.75) is 0 Å². The molecule has 1 amide bonds. The molecule has 5 nitrogen and oxygen atoms in total. The Hall–Kier alpha value is -3.18. The van der Waals surface area contributed by atoms with Gasteiger partial charge in [0.25, 0.3) is 5.91 Å². The average molecular weight is 372 g/mol. The highest BCUT2D eigenvalue weighted by atomic mass is 16.2. The number of carbonyl (C=O) groups is 1. The van der Waals surface area contributed by atoms with Crippen LogP contribution in [0.2, 0.25) is 0 Å². The van der Waals surface area contributed by atoms with E-state index in [-0.39, 0.29) is 5.91 Å². The molecule has 0 bridgehead atoms. The highest BCUT2D eigenvalue weighted by molar-refractivity contribution is 5.93. The molecule has 0 unspecified atom stereocenters. The van der Waals surface area contributed by atoms with Gasteiger partial charge < -0.3 is 4.90 Å². The second-order valence-electron chi connectivity index (χ2n) is 6.91. The van der Waals surface area contributed by atoms with Crippen molar-refractivity contribution in [3.8, 4) is 5.69 Å². The van der Waals surface area contributed by atoms with E-state index in [0.717, 1.165) is 38.4 Å². The fraction of sp³-hybridized carbons (Fsp3) is 0.217. The molecule has 3 aromatic rings. The minimum absolute atomic E-state index is 0.0571. The van der Waals surface area contributed by atoms with Crippen LogP contribution in [0.15, 0.2) is 79.1 Å². The van der Waals surface area contributed by atoms with Crippen LogP contribution in [0.3, 0.4) is 0 Å².